The topological polar surface area (TPSA) is 130 Å². The summed E-state index contributed by atoms with van der Waals surface area (Å²) in [6, 6.07) is -1.23. The summed E-state index contributed by atoms with van der Waals surface area (Å²) in [5.74, 6) is -2.89. The van der Waals surface area contributed by atoms with Crippen LogP contribution in [0, 0.1) is 0 Å². The van der Waals surface area contributed by atoms with Crippen LogP contribution in [-0.4, -0.2) is 39.6 Å². The van der Waals surface area contributed by atoms with Crippen molar-refractivity contribution in [2.75, 3.05) is 0 Å². The molecule has 0 aliphatic carbocycles. The van der Waals surface area contributed by atoms with Crippen LogP contribution >= 0.6 is 0 Å². The highest BCUT2D eigenvalue weighted by Crippen LogP contribution is 2.17. The van der Waals surface area contributed by atoms with Crippen LogP contribution in [0.25, 0.3) is 0 Å². The second kappa shape index (κ2) is 19.8. The van der Waals surface area contributed by atoms with Crippen molar-refractivity contribution in [2.24, 2.45) is 5.73 Å². The van der Waals surface area contributed by atoms with Crippen molar-refractivity contribution < 1.29 is 24.6 Å². The SMILES string of the molecule is CCCCCCCCCCCCCCCCCCC(C)(N)C(=O)NC(CCC(=O)O)C(=O)O. The quantitative estimate of drug-likeness (QED) is 0.140. The first-order chi connectivity index (χ1) is 15.7. The molecular formula is C26H50N2O5. The van der Waals surface area contributed by atoms with Crippen molar-refractivity contribution >= 4 is 17.8 Å². The largest absolute Gasteiger partial charge is 0.481 e. The van der Waals surface area contributed by atoms with Gasteiger partial charge in [-0.1, -0.05) is 110 Å². The summed E-state index contributed by atoms with van der Waals surface area (Å²) >= 11 is 0. The molecule has 0 rings (SSSR count). The molecule has 0 aromatic carbocycles. The molecule has 1 amide bonds. The third-order valence-corrected chi connectivity index (χ3v) is 6.32. The molecule has 7 heteroatoms. The molecule has 7 nitrogen and oxygen atoms in total. The summed E-state index contributed by atoms with van der Waals surface area (Å²) in [6.07, 6.45) is 20.4. The highest BCUT2D eigenvalue weighted by molar-refractivity contribution is 5.89. The highest BCUT2D eigenvalue weighted by atomic mass is 16.4. The van der Waals surface area contributed by atoms with Gasteiger partial charge in [0, 0.05) is 6.42 Å². The molecule has 0 spiro atoms. The average molecular weight is 471 g/mol. The Balaban J connectivity index is 3.73. The predicted octanol–water partition coefficient (Wildman–Crippen LogP) is 5.79. The van der Waals surface area contributed by atoms with Crippen molar-refractivity contribution in [3.8, 4) is 0 Å². The van der Waals surface area contributed by atoms with E-state index >= 15 is 0 Å². The van der Waals surface area contributed by atoms with Crippen molar-refractivity contribution in [1.29, 1.82) is 0 Å². The Morgan fingerprint density at radius 2 is 1.15 bits per heavy atom. The number of unbranched alkanes of at least 4 members (excludes halogenated alkanes) is 15. The standard InChI is InChI=1S/C26H50N2O5/c1-3-4-5-6-7-8-9-10-11-12-13-14-15-16-17-18-21-26(2,27)25(33)28-22(24(31)32)19-20-23(29)30/h22H,3-21,27H2,1-2H3,(H,28,33)(H,29,30)(H,31,32). The Morgan fingerprint density at radius 1 is 0.758 bits per heavy atom. The first kappa shape index (κ1) is 31.4. The zero-order valence-electron chi connectivity index (χ0n) is 21.2. The number of carbonyl (C=O) groups is 3. The van der Waals surface area contributed by atoms with Gasteiger partial charge in [0.2, 0.25) is 5.91 Å². The maximum Gasteiger partial charge on any atom is 0.326 e. The summed E-state index contributed by atoms with van der Waals surface area (Å²) in [4.78, 5) is 34.3. The van der Waals surface area contributed by atoms with Gasteiger partial charge in [0.15, 0.2) is 0 Å². The summed E-state index contributed by atoms with van der Waals surface area (Å²) in [5.41, 5.74) is 4.94. The molecule has 0 radical (unpaired) electrons. The Kier molecular flexibility index (Phi) is 18.8. The van der Waals surface area contributed by atoms with Gasteiger partial charge in [-0.05, 0) is 19.8 Å². The number of hydrogen-bond donors (Lipinski definition) is 4. The Hall–Kier alpha value is -1.63. The predicted molar refractivity (Wildman–Crippen MR) is 133 cm³/mol. The van der Waals surface area contributed by atoms with Crippen LogP contribution in [0.1, 0.15) is 136 Å². The number of carboxylic acid groups (broad SMARTS) is 2. The normalized spacial score (nSPS) is 13.9. The van der Waals surface area contributed by atoms with Gasteiger partial charge in [-0.15, -0.1) is 0 Å². The van der Waals surface area contributed by atoms with Gasteiger partial charge in [-0.2, -0.15) is 0 Å². The Labute approximate surface area is 201 Å². The van der Waals surface area contributed by atoms with Crippen LogP contribution in [0.3, 0.4) is 0 Å². The fourth-order valence-corrected chi connectivity index (χ4v) is 4.00. The number of hydrogen-bond acceptors (Lipinski definition) is 4. The molecule has 0 aliphatic heterocycles. The average Bonchev–Trinajstić information content (AvgIpc) is 2.75. The first-order valence-electron chi connectivity index (χ1n) is 13.2. The third-order valence-electron chi connectivity index (χ3n) is 6.32. The molecule has 0 aromatic rings. The second-order valence-electron chi connectivity index (χ2n) is 9.77. The minimum absolute atomic E-state index is 0.161. The number of rotatable bonds is 23. The molecule has 194 valence electrons. The lowest BCUT2D eigenvalue weighted by molar-refractivity contribution is -0.143. The van der Waals surface area contributed by atoms with E-state index in [-0.39, 0.29) is 12.8 Å². The van der Waals surface area contributed by atoms with E-state index in [1.165, 1.54) is 83.5 Å². The summed E-state index contributed by atoms with van der Waals surface area (Å²) in [5, 5.41) is 20.3. The number of nitrogens with two attached hydrogens (primary N) is 1. The maximum atomic E-state index is 12.4. The lowest BCUT2D eigenvalue weighted by atomic mass is 9.93. The van der Waals surface area contributed by atoms with Crippen molar-refractivity contribution in [1.82, 2.24) is 5.32 Å². The van der Waals surface area contributed by atoms with Crippen LogP contribution in [0.15, 0.2) is 0 Å². The summed E-state index contributed by atoms with van der Waals surface area (Å²) < 4.78 is 0. The summed E-state index contributed by atoms with van der Waals surface area (Å²) in [6.45, 7) is 3.86. The molecule has 0 aromatic heterocycles. The van der Waals surface area contributed by atoms with Gasteiger partial charge in [-0.3, -0.25) is 9.59 Å². The fourth-order valence-electron chi connectivity index (χ4n) is 4.00. The lowest BCUT2D eigenvalue weighted by Gasteiger charge is -2.25. The van der Waals surface area contributed by atoms with Gasteiger partial charge in [-0.25, -0.2) is 4.79 Å². The van der Waals surface area contributed by atoms with E-state index in [1.54, 1.807) is 6.92 Å². The van der Waals surface area contributed by atoms with E-state index in [9.17, 15) is 19.5 Å². The number of nitrogens with one attached hydrogen (secondary N) is 1. The summed E-state index contributed by atoms with van der Waals surface area (Å²) in [7, 11) is 0. The van der Waals surface area contributed by atoms with E-state index in [4.69, 9.17) is 10.8 Å². The van der Waals surface area contributed by atoms with Crippen molar-refractivity contribution in [2.45, 2.75) is 147 Å². The molecule has 0 saturated carbocycles. The van der Waals surface area contributed by atoms with E-state index in [0.29, 0.717) is 6.42 Å². The van der Waals surface area contributed by atoms with Gasteiger partial charge < -0.3 is 21.3 Å². The van der Waals surface area contributed by atoms with E-state index in [2.05, 4.69) is 12.2 Å². The van der Waals surface area contributed by atoms with E-state index in [0.717, 1.165) is 19.3 Å². The zero-order chi connectivity index (χ0) is 25.0. The molecule has 33 heavy (non-hydrogen) atoms. The number of carbonyl (C=O) groups excluding carboxylic acids is 1. The second-order valence-corrected chi connectivity index (χ2v) is 9.77. The van der Waals surface area contributed by atoms with Crippen LogP contribution in [0.2, 0.25) is 0 Å². The van der Waals surface area contributed by atoms with Crippen molar-refractivity contribution in [3.63, 3.8) is 0 Å². The Bertz CT molecular complexity index is 537. The monoisotopic (exact) mass is 470 g/mol. The smallest absolute Gasteiger partial charge is 0.326 e. The molecule has 0 bridgehead atoms. The number of aliphatic carboxylic acids is 2. The third kappa shape index (κ3) is 18.5. The van der Waals surface area contributed by atoms with Gasteiger partial charge in [0.25, 0.3) is 0 Å². The fraction of sp³-hybridized carbons (Fsp3) is 0.885. The molecule has 0 heterocycles. The van der Waals surface area contributed by atoms with Crippen LogP contribution < -0.4 is 11.1 Å². The molecular weight excluding hydrogens is 420 g/mol. The molecule has 0 fully saturated rings. The number of carboxylic acids is 2. The van der Waals surface area contributed by atoms with Crippen LogP contribution in [0.5, 0.6) is 0 Å². The molecule has 0 aliphatic rings. The Morgan fingerprint density at radius 3 is 1.52 bits per heavy atom. The maximum absolute atomic E-state index is 12.4. The molecule has 2 atom stereocenters. The zero-order valence-corrected chi connectivity index (χ0v) is 21.2. The van der Waals surface area contributed by atoms with E-state index < -0.39 is 29.4 Å². The highest BCUT2D eigenvalue weighted by Gasteiger charge is 2.31. The molecule has 2 unspecified atom stereocenters. The van der Waals surface area contributed by atoms with Gasteiger partial charge in [0.05, 0.1) is 5.54 Å². The minimum atomic E-state index is -1.25. The van der Waals surface area contributed by atoms with Crippen LogP contribution in [-0.2, 0) is 14.4 Å². The first-order valence-corrected chi connectivity index (χ1v) is 13.2. The van der Waals surface area contributed by atoms with E-state index in [1.807, 2.05) is 0 Å². The van der Waals surface area contributed by atoms with Gasteiger partial charge >= 0.3 is 11.9 Å². The van der Waals surface area contributed by atoms with Crippen LogP contribution in [0.4, 0.5) is 0 Å². The van der Waals surface area contributed by atoms with Crippen molar-refractivity contribution in [3.05, 3.63) is 0 Å². The lowest BCUT2D eigenvalue weighted by Crippen LogP contribution is -2.55. The van der Waals surface area contributed by atoms with Gasteiger partial charge in [0.1, 0.15) is 6.04 Å². The molecule has 0 saturated heterocycles. The molecule has 5 N–H and O–H groups in total. The number of amides is 1. The minimum Gasteiger partial charge on any atom is -0.481 e.